The molecule has 6 unspecified atom stereocenters. The molecule has 0 amide bonds. The number of benzene rings is 5. The Kier molecular flexibility index (Phi) is 5.67. The van der Waals surface area contributed by atoms with Crippen molar-refractivity contribution in [3.63, 3.8) is 0 Å². The van der Waals surface area contributed by atoms with E-state index in [1.54, 1.807) is 0 Å². The summed E-state index contributed by atoms with van der Waals surface area (Å²) in [5.41, 5.74) is 16.0. The minimum Gasteiger partial charge on any atom is -0.457 e. The van der Waals surface area contributed by atoms with Crippen molar-refractivity contribution >= 4 is 17.1 Å². The summed E-state index contributed by atoms with van der Waals surface area (Å²) in [4.78, 5) is 2.72. The van der Waals surface area contributed by atoms with E-state index in [0.29, 0.717) is 17.3 Å². The Labute approximate surface area is 315 Å². The van der Waals surface area contributed by atoms with Crippen molar-refractivity contribution in [1.82, 2.24) is 0 Å². The summed E-state index contributed by atoms with van der Waals surface area (Å²) >= 11 is 0. The third-order valence-electron chi connectivity index (χ3n) is 16.6. The van der Waals surface area contributed by atoms with Gasteiger partial charge in [-0.15, -0.1) is 0 Å². The fourth-order valence-electron chi connectivity index (χ4n) is 14.4. The molecule has 53 heavy (non-hydrogen) atoms. The molecule has 266 valence electrons. The second-order valence-electron chi connectivity index (χ2n) is 20.0. The van der Waals surface area contributed by atoms with Crippen LogP contribution in [0.25, 0.3) is 11.1 Å². The van der Waals surface area contributed by atoms with E-state index in [2.05, 4.69) is 150 Å². The summed E-state index contributed by atoms with van der Waals surface area (Å²) in [5.74, 6) is 5.33. The standard InChI is InChI=1S/C51H51NO/c1-47(2)23-24-48(3,4)45-37(47)16-11-17-39(45)52(32-21-22-34-33-13-7-8-14-35(33)49(5,6)38(34)28-32)40-18-12-20-42-46(40)51(36-15-9-10-19-41(36)53-42)43-26-30-25-31-27-44(51)50(31,43)29-30/h7-22,28,30-31,43-44H,23-27,29H2,1-6H3. The first kappa shape index (κ1) is 31.1. The molecule has 1 aliphatic heterocycles. The monoisotopic (exact) mass is 693 g/mol. The van der Waals surface area contributed by atoms with Gasteiger partial charge in [-0.1, -0.05) is 108 Å². The van der Waals surface area contributed by atoms with Crippen LogP contribution in [0, 0.1) is 29.1 Å². The van der Waals surface area contributed by atoms with Gasteiger partial charge in [0.1, 0.15) is 11.5 Å². The predicted molar refractivity (Wildman–Crippen MR) is 216 cm³/mol. The zero-order chi connectivity index (χ0) is 35.9. The van der Waals surface area contributed by atoms with Crippen LogP contribution in [0.2, 0.25) is 0 Å². The number of fused-ring (bicyclic) bond motifs is 11. The van der Waals surface area contributed by atoms with Gasteiger partial charge < -0.3 is 9.64 Å². The molecule has 2 heteroatoms. The lowest BCUT2D eigenvalue weighted by Gasteiger charge is -2.77. The first-order valence-corrected chi connectivity index (χ1v) is 20.6. The molecule has 0 N–H and O–H groups in total. The summed E-state index contributed by atoms with van der Waals surface area (Å²) in [7, 11) is 0. The van der Waals surface area contributed by atoms with Crippen molar-refractivity contribution in [2.75, 3.05) is 4.90 Å². The molecule has 0 aromatic heterocycles. The van der Waals surface area contributed by atoms with E-state index in [1.807, 2.05) is 0 Å². The van der Waals surface area contributed by atoms with E-state index < -0.39 is 0 Å². The zero-order valence-corrected chi connectivity index (χ0v) is 32.2. The van der Waals surface area contributed by atoms with Gasteiger partial charge in [0, 0.05) is 27.6 Å². The number of anilines is 3. The lowest BCUT2D eigenvalue weighted by Crippen LogP contribution is -2.74. The Morgan fingerprint density at radius 3 is 2.06 bits per heavy atom. The van der Waals surface area contributed by atoms with Crippen molar-refractivity contribution in [2.45, 2.75) is 102 Å². The van der Waals surface area contributed by atoms with E-state index in [-0.39, 0.29) is 21.7 Å². The van der Waals surface area contributed by atoms with Gasteiger partial charge >= 0.3 is 0 Å². The second-order valence-corrected chi connectivity index (χ2v) is 20.0. The first-order valence-electron chi connectivity index (χ1n) is 20.6. The average molecular weight is 694 g/mol. The van der Waals surface area contributed by atoms with Crippen LogP contribution in [0.5, 0.6) is 11.5 Å². The maximum absolute atomic E-state index is 7.07. The van der Waals surface area contributed by atoms with E-state index in [0.717, 1.165) is 23.3 Å². The molecule has 2 nitrogen and oxygen atoms in total. The Hall–Kier alpha value is -4.30. The maximum Gasteiger partial charge on any atom is 0.133 e. The van der Waals surface area contributed by atoms with Crippen LogP contribution < -0.4 is 9.64 Å². The number of nitrogens with zero attached hydrogens (tertiary/aromatic N) is 1. The Bertz CT molecular complexity index is 2430. The van der Waals surface area contributed by atoms with E-state index >= 15 is 0 Å². The van der Waals surface area contributed by atoms with Crippen molar-refractivity contribution in [2.24, 2.45) is 29.1 Å². The minimum atomic E-state index is -0.0885. The molecule has 5 aromatic carbocycles. The smallest absolute Gasteiger partial charge is 0.133 e. The zero-order valence-electron chi connectivity index (χ0n) is 32.2. The van der Waals surface area contributed by atoms with Crippen molar-refractivity contribution in [1.29, 1.82) is 0 Å². The Morgan fingerprint density at radius 1 is 0.566 bits per heavy atom. The summed E-state index contributed by atoms with van der Waals surface area (Å²) in [5, 5.41) is 0. The van der Waals surface area contributed by atoms with E-state index in [1.165, 1.54) is 100 Å². The first-order chi connectivity index (χ1) is 25.5. The summed E-state index contributed by atoms with van der Waals surface area (Å²) < 4.78 is 7.07. The largest absolute Gasteiger partial charge is 0.457 e. The van der Waals surface area contributed by atoms with Crippen molar-refractivity contribution < 1.29 is 4.74 Å². The van der Waals surface area contributed by atoms with Gasteiger partial charge in [-0.2, -0.15) is 0 Å². The van der Waals surface area contributed by atoms with Crippen LogP contribution in [0.4, 0.5) is 17.1 Å². The van der Waals surface area contributed by atoms with Gasteiger partial charge in [-0.3, -0.25) is 0 Å². The average Bonchev–Trinajstić information content (AvgIpc) is 3.76. The van der Waals surface area contributed by atoms with E-state index in [4.69, 9.17) is 4.74 Å². The molecular formula is C51H51NO. The lowest BCUT2D eigenvalue weighted by atomic mass is 9.26. The predicted octanol–water partition coefficient (Wildman–Crippen LogP) is 13.3. The number of hydrogen-bond acceptors (Lipinski definition) is 2. The second kappa shape index (κ2) is 9.67. The minimum absolute atomic E-state index is 0.0272. The summed E-state index contributed by atoms with van der Waals surface area (Å²) in [6.07, 6.45) is 8.02. The molecule has 7 aliphatic rings. The maximum atomic E-state index is 7.07. The molecule has 2 spiro atoms. The Balaban J connectivity index is 1.16. The summed E-state index contributed by atoms with van der Waals surface area (Å²) in [6.45, 7) is 14.7. The highest BCUT2D eigenvalue weighted by Crippen LogP contribution is 2.90. The topological polar surface area (TPSA) is 12.5 Å². The van der Waals surface area contributed by atoms with Crippen molar-refractivity contribution in [3.05, 3.63) is 137 Å². The van der Waals surface area contributed by atoms with Crippen LogP contribution in [-0.4, -0.2) is 0 Å². The molecule has 0 radical (unpaired) electrons. The molecule has 4 saturated carbocycles. The molecule has 5 aromatic rings. The molecule has 4 fully saturated rings. The molecule has 12 rings (SSSR count). The van der Waals surface area contributed by atoms with E-state index in [9.17, 15) is 0 Å². The lowest BCUT2D eigenvalue weighted by molar-refractivity contribution is -0.234. The number of hydrogen-bond donors (Lipinski definition) is 0. The van der Waals surface area contributed by atoms with Crippen LogP contribution in [0.15, 0.2) is 103 Å². The third-order valence-corrected chi connectivity index (χ3v) is 16.6. The van der Waals surface area contributed by atoms with Crippen LogP contribution in [0.3, 0.4) is 0 Å². The normalized spacial score (nSPS) is 31.5. The third kappa shape index (κ3) is 3.50. The van der Waals surface area contributed by atoms with Gasteiger partial charge in [0.25, 0.3) is 0 Å². The molecule has 1 heterocycles. The highest BCUT2D eigenvalue weighted by atomic mass is 16.5. The summed E-state index contributed by atoms with van der Waals surface area (Å²) in [6, 6.07) is 39.9. The van der Waals surface area contributed by atoms with Crippen LogP contribution >= 0.6 is 0 Å². The van der Waals surface area contributed by atoms with Crippen LogP contribution in [-0.2, 0) is 21.7 Å². The highest BCUT2D eigenvalue weighted by Gasteiger charge is 2.84. The Morgan fingerprint density at radius 2 is 1.23 bits per heavy atom. The van der Waals surface area contributed by atoms with Crippen LogP contribution in [0.1, 0.15) is 113 Å². The number of para-hydroxylation sites is 1. The van der Waals surface area contributed by atoms with Gasteiger partial charge in [0.2, 0.25) is 0 Å². The van der Waals surface area contributed by atoms with Gasteiger partial charge in [0.15, 0.2) is 0 Å². The molecule has 6 atom stereocenters. The van der Waals surface area contributed by atoms with Gasteiger partial charge in [-0.05, 0) is 148 Å². The molecule has 6 aliphatic carbocycles. The number of rotatable bonds is 3. The van der Waals surface area contributed by atoms with Gasteiger partial charge in [0.05, 0.1) is 11.4 Å². The van der Waals surface area contributed by atoms with Gasteiger partial charge in [-0.25, -0.2) is 0 Å². The molecular weight excluding hydrogens is 643 g/mol. The molecule has 0 saturated heterocycles. The quantitative estimate of drug-likeness (QED) is 0.186. The fourth-order valence-corrected chi connectivity index (χ4v) is 14.4. The fraction of sp³-hybridized carbons (Fsp3) is 0.412. The van der Waals surface area contributed by atoms with Crippen molar-refractivity contribution in [3.8, 4) is 22.6 Å². The number of ether oxygens (including phenoxy) is 1. The SMILES string of the molecule is CC1(C)CCC(C)(C)c2c(N(c3ccc4c(c3)C(C)(C)c3ccccc3-4)c3cccc4c3C3(c5ccccc5O4)C4CC5CC6CC3C64C5)cccc21. The molecule has 2 bridgehead atoms. The highest BCUT2D eigenvalue weighted by molar-refractivity contribution is 5.89.